The fourth-order valence-electron chi connectivity index (χ4n) is 4.40. The highest BCUT2D eigenvalue weighted by Crippen LogP contribution is 2.45. The molecule has 0 amide bonds. The summed E-state index contributed by atoms with van der Waals surface area (Å²) in [7, 11) is 2.18. The summed E-state index contributed by atoms with van der Waals surface area (Å²) in [6, 6.07) is 0. The molecule has 1 saturated heterocycles. The number of rotatable bonds is 8. The summed E-state index contributed by atoms with van der Waals surface area (Å²) < 4.78 is 17.8. The van der Waals surface area contributed by atoms with Gasteiger partial charge in [0.1, 0.15) is 25.7 Å². The van der Waals surface area contributed by atoms with Crippen molar-refractivity contribution < 1.29 is 23.8 Å². The van der Waals surface area contributed by atoms with Crippen molar-refractivity contribution in [3.8, 4) is 0 Å². The SMILES string of the molecule is C[N+]1(C[C@H](O)COCCO[C@@H]2C[C@H]3CC[C@H]2C3)CCOCC1. The molecule has 2 saturated carbocycles. The van der Waals surface area contributed by atoms with Gasteiger partial charge in [-0.2, -0.15) is 0 Å². The van der Waals surface area contributed by atoms with Crippen molar-refractivity contribution in [3.63, 3.8) is 0 Å². The van der Waals surface area contributed by atoms with Gasteiger partial charge in [-0.3, -0.25) is 0 Å². The zero-order chi connectivity index (χ0) is 15.4. The Hall–Kier alpha value is -0.200. The van der Waals surface area contributed by atoms with E-state index in [2.05, 4.69) is 7.05 Å². The Morgan fingerprint density at radius 2 is 2.00 bits per heavy atom. The van der Waals surface area contributed by atoms with E-state index in [9.17, 15) is 5.11 Å². The summed E-state index contributed by atoms with van der Waals surface area (Å²) in [5.74, 6) is 1.73. The van der Waals surface area contributed by atoms with E-state index in [1.54, 1.807) is 0 Å². The second-order valence-corrected chi connectivity index (χ2v) is 7.67. The van der Waals surface area contributed by atoms with E-state index in [-0.39, 0.29) is 0 Å². The van der Waals surface area contributed by atoms with E-state index in [0.717, 1.165) is 49.2 Å². The van der Waals surface area contributed by atoms with Crippen molar-refractivity contribution in [1.82, 2.24) is 0 Å². The number of quaternary nitrogens is 1. The van der Waals surface area contributed by atoms with Crippen LogP contribution in [0.1, 0.15) is 25.7 Å². The minimum Gasteiger partial charge on any atom is -0.385 e. The summed E-state index contributed by atoms with van der Waals surface area (Å²) in [6.07, 6.45) is 5.48. The topological polar surface area (TPSA) is 47.9 Å². The molecule has 0 unspecified atom stereocenters. The number of likely N-dealkylation sites (N-methyl/N-ethyl adjacent to an activating group) is 1. The monoisotopic (exact) mass is 314 g/mol. The molecule has 3 rings (SSSR count). The van der Waals surface area contributed by atoms with Gasteiger partial charge in [0, 0.05) is 0 Å². The number of hydrogen-bond donors (Lipinski definition) is 1. The lowest BCUT2D eigenvalue weighted by Crippen LogP contribution is -2.55. The number of nitrogens with zero attached hydrogens (tertiary/aromatic N) is 1. The standard InChI is InChI=1S/C17H32NO4/c1-18(4-6-20-7-5-18)12-16(19)13-21-8-9-22-17-11-14-2-3-15(17)10-14/h14-17,19H,2-13H2,1H3/q+1/t14-,15-,16-,17+/m0/s1. The Balaban J connectivity index is 1.24. The second kappa shape index (κ2) is 7.58. The molecule has 2 bridgehead atoms. The lowest BCUT2D eigenvalue weighted by atomic mass is 9.98. The lowest BCUT2D eigenvalue weighted by molar-refractivity contribution is -0.919. The number of hydrogen-bond acceptors (Lipinski definition) is 4. The van der Waals surface area contributed by atoms with Crippen LogP contribution < -0.4 is 0 Å². The van der Waals surface area contributed by atoms with E-state index >= 15 is 0 Å². The maximum Gasteiger partial charge on any atom is 0.126 e. The number of aliphatic hydroxyl groups is 1. The van der Waals surface area contributed by atoms with Crippen LogP contribution in [0.3, 0.4) is 0 Å². The van der Waals surface area contributed by atoms with E-state index in [1.165, 1.54) is 25.7 Å². The third-order valence-electron chi connectivity index (χ3n) is 5.75. The van der Waals surface area contributed by atoms with Gasteiger partial charge in [0.05, 0.1) is 46.2 Å². The molecule has 0 aromatic heterocycles. The average molecular weight is 314 g/mol. The number of morpholine rings is 1. The van der Waals surface area contributed by atoms with Crippen LogP contribution in [0, 0.1) is 11.8 Å². The van der Waals surface area contributed by atoms with Crippen molar-refractivity contribution in [1.29, 1.82) is 0 Å². The maximum atomic E-state index is 10.1. The van der Waals surface area contributed by atoms with Crippen molar-refractivity contribution in [3.05, 3.63) is 0 Å². The van der Waals surface area contributed by atoms with Gasteiger partial charge in [0.25, 0.3) is 0 Å². The molecule has 0 aromatic rings. The average Bonchev–Trinajstić information content (AvgIpc) is 3.09. The molecule has 2 aliphatic carbocycles. The molecule has 0 aromatic carbocycles. The fraction of sp³-hybridized carbons (Fsp3) is 1.00. The van der Waals surface area contributed by atoms with Gasteiger partial charge in [-0.05, 0) is 37.5 Å². The molecule has 5 heteroatoms. The minimum atomic E-state index is -0.398. The van der Waals surface area contributed by atoms with E-state index in [1.807, 2.05) is 0 Å². The van der Waals surface area contributed by atoms with Crippen molar-refractivity contribution in [2.24, 2.45) is 11.8 Å². The molecule has 128 valence electrons. The van der Waals surface area contributed by atoms with Crippen LogP contribution in [-0.4, -0.2) is 81.5 Å². The Kier molecular flexibility index (Phi) is 5.74. The number of ether oxygens (including phenoxy) is 3. The van der Waals surface area contributed by atoms with Crippen LogP contribution in [0.5, 0.6) is 0 Å². The highest BCUT2D eigenvalue weighted by molar-refractivity contribution is 4.90. The van der Waals surface area contributed by atoms with Crippen LogP contribution in [0.15, 0.2) is 0 Å². The molecule has 0 radical (unpaired) electrons. The first-order valence-electron chi connectivity index (χ1n) is 8.93. The first-order chi connectivity index (χ1) is 10.6. The van der Waals surface area contributed by atoms with Crippen LogP contribution in [-0.2, 0) is 14.2 Å². The normalized spacial score (nSPS) is 34.9. The lowest BCUT2D eigenvalue weighted by Gasteiger charge is -2.38. The van der Waals surface area contributed by atoms with Crippen molar-refractivity contribution in [2.45, 2.75) is 37.9 Å². The summed E-state index contributed by atoms with van der Waals surface area (Å²) in [6.45, 7) is 5.96. The number of fused-ring (bicyclic) bond motifs is 2. The second-order valence-electron chi connectivity index (χ2n) is 7.67. The summed E-state index contributed by atoms with van der Waals surface area (Å²) in [5, 5.41) is 10.1. The molecule has 22 heavy (non-hydrogen) atoms. The summed E-state index contributed by atoms with van der Waals surface area (Å²) in [4.78, 5) is 0. The minimum absolute atomic E-state index is 0.398. The predicted octanol–water partition coefficient (Wildman–Crippen LogP) is 1.05. The Morgan fingerprint density at radius 1 is 1.18 bits per heavy atom. The third-order valence-corrected chi connectivity index (χ3v) is 5.75. The van der Waals surface area contributed by atoms with E-state index < -0.39 is 6.10 Å². The smallest absolute Gasteiger partial charge is 0.126 e. The van der Waals surface area contributed by atoms with Crippen LogP contribution in [0.25, 0.3) is 0 Å². The fourth-order valence-corrected chi connectivity index (χ4v) is 4.40. The van der Waals surface area contributed by atoms with Crippen molar-refractivity contribution in [2.75, 3.05) is 59.7 Å². The van der Waals surface area contributed by atoms with Crippen LogP contribution in [0.2, 0.25) is 0 Å². The van der Waals surface area contributed by atoms with Gasteiger partial charge in [-0.1, -0.05) is 0 Å². The largest absolute Gasteiger partial charge is 0.385 e. The third kappa shape index (κ3) is 4.42. The van der Waals surface area contributed by atoms with Crippen molar-refractivity contribution >= 4 is 0 Å². The summed E-state index contributed by atoms with van der Waals surface area (Å²) in [5.41, 5.74) is 0. The Morgan fingerprint density at radius 3 is 2.68 bits per heavy atom. The highest BCUT2D eigenvalue weighted by Gasteiger charge is 2.40. The maximum absolute atomic E-state index is 10.1. The van der Waals surface area contributed by atoms with Gasteiger partial charge < -0.3 is 23.8 Å². The molecular weight excluding hydrogens is 282 g/mol. The van der Waals surface area contributed by atoms with Gasteiger partial charge in [-0.25, -0.2) is 0 Å². The van der Waals surface area contributed by atoms with Gasteiger partial charge in [0.15, 0.2) is 0 Å². The van der Waals surface area contributed by atoms with Crippen LogP contribution >= 0.6 is 0 Å². The predicted molar refractivity (Wildman–Crippen MR) is 83.6 cm³/mol. The Labute approximate surface area is 134 Å². The first kappa shape index (κ1) is 16.7. The van der Waals surface area contributed by atoms with Gasteiger partial charge in [0.2, 0.25) is 0 Å². The molecular formula is C17H32NO4+. The number of aliphatic hydroxyl groups excluding tert-OH is 1. The highest BCUT2D eigenvalue weighted by atomic mass is 16.5. The Bertz CT molecular complexity index is 346. The molecule has 5 nitrogen and oxygen atoms in total. The molecule has 3 aliphatic rings. The van der Waals surface area contributed by atoms with Gasteiger partial charge >= 0.3 is 0 Å². The zero-order valence-corrected chi connectivity index (χ0v) is 13.9. The quantitative estimate of drug-likeness (QED) is 0.537. The van der Waals surface area contributed by atoms with Gasteiger partial charge in [-0.15, -0.1) is 0 Å². The molecule has 0 spiro atoms. The molecule has 1 aliphatic heterocycles. The van der Waals surface area contributed by atoms with E-state index in [4.69, 9.17) is 14.2 Å². The first-order valence-corrected chi connectivity index (χ1v) is 8.93. The summed E-state index contributed by atoms with van der Waals surface area (Å²) >= 11 is 0. The molecule has 3 fully saturated rings. The van der Waals surface area contributed by atoms with E-state index in [0.29, 0.717) is 25.9 Å². The molecule has 1 N–H and O–H groups in total. The molecule has 4 atom stereocenters. The molecule has 1 heterocycles. The van der Waals surface area contributed by atoms with Crippen LogP contribution in [0.4, 0.5) is 0 Å². The zero-order valence-electron chi connectivity index (χ0n) is 13.9.